The third-order valence-corrected chi connectivity index (χ3v) is 5.16. The molecule has 5 nitrogen and oxygen atoms in total. The van der Waals surface area contributed by atoms with Gasteiger partial charge in [-0.2, -0.15) is 0 Å². The van der Waals surface area contributed by atoms with Crippen LogP contribution in [-0.2, 0) is 10.0 Å². The van der Waals surface area contributed by atoms with E-state index in [0.717, 1.165) is 12.0 Å². The van der Waals surface area contributed by atoms with Crippen LogP contribution in [0.3, 0.4) is 0 Å². The molecular formula is C17H19NO4S. The summed E-state index contributed by atoms with van der Waals surface area (Å²) in [6, 6.07) is 12.5. The summed E-state index contributed by atoms with van der Waals surface area (Å²) in [6.07, 6.45) is 0.969. The third-order valence-electron chi connectivity index (χ3n) is 3.77. The summed E-state index contributed by atoms with van der Waals surface area (Å²) < 4.78 is 27.2. The van der Waals surface area contributed by atoms with Crippen LogP contribution in [0.5, 0.6) is 0 Å². The second-order valence-corrected chi connectivity index (χ2v) is 7.02. The molecule has 0 bridgehead atoms. The highest BCUT2D eigenvalue weighted by Gasteiger charge is 2.18. The fraction of sp³-hybridized carbons (Fsp3) is 0.235. The number of benzene rings is 2. The van der Waals surface area contributed by atoms with Crippen LogP contribution in [0.1, 0.15) is 42.1 Å². The Hall–Kier alpha value is -2.34. The Balaban J connectivity index is 2.31. The number of anilines is 1. The van der Waals surface area contributed by atoms with E-state index in [-0.39, 0.29) is 16.1 Å². The fourth-order valence-corrected chi connectivity index (χ4v) is 3.25. The lowest BCUT2D eigenvalue weighted by molar-refractivity contribution is 0.0698. The minimum atomic E-state index is -3.83. The van der Waals surface area contributed by atoms with Crippen molar-refractivity contribution in [1.82, 2.24) is 0 Å². The first-order valence-electron chi connectivity index (χ1n) is 7.30. The van der Waals surface area contributed by atoms with E-state index in [1.165, 1.54) is 24.3 Å². The molecule has 0 aliphatic heterocycles. The predicted octanol–water partition coefficient (Wildman–Crippen LogP) is 3.70. The molecule has 23 heavy (non-hydrogen) atoms. The Kier molecular flexibility index (Phi) is 5.05. The minimum absolute atomic E-state index is 0.0472. The maximum absolute atomic E-state index is 12.4. The third kappa shape index (κ3) is 3.90. The predicted molar refractivity (Wildman–Crippen MR) is 89.4 cm³/mol. The van der Waals surface area contributed by atoms with Gasteiger partial charge in [0.25, 0.3) is 10.0 Å². The maximum atomic E-state index is 12.4. The summed E-state index contributed by atoms with van der Waals surface area (Å²) in [6.45, 7) is 4.14. The molecule has 2 N–H and O–H groups in total. The van der Waals surface area contributed by atoms with Crippen molar-refractivity contribution in [2.24, 2.45) is 0 Å². The van der Waals surface area contributed by atoms with Crippen molar-refractivity contribution in [1.29, 1.82) is 0 Å². The van der Waals surface area contributed by atoms with Crippen LogP contribution in [-0.4, -0.2) is 19.5 Å². The van der Waals surface area contributed by atoms with E-state index in [1.807, 2.05) is 0 Å². The summed E-state index contributed by atoms with van der Waals surface area (Å²) in [5.41, 5.74) is 1.02. The van der Waals surface area contributed by atoms with E-state index < -0.39 is 16.0 Å². The van der Waals surface area contributed by atoms with Crippen LogP contribution in [0.2, 0.25) is 0 Å². The lowest BCUT2D eigenvalue weighted by Crippen LogP contribution is -2.15. The largest absolute Gasteiger partial charge is 0.478 e. The van der Waals surface area contributed by atoms with Crippen LogP contribution in [0.4, 0.5) is 5.69 Å². The van der Waals surface area contributed by atoms with Crippen LogP contribution in [0, 0.1) is 0 Å². The van der Waals surface area contributed by atoms with Crippen molar-refractivity contribution < 1.29 is 18.3 Å². The summed E-state index contributed by atoms with van der Waals surface area (Å²) in [5.74, 6) is -0.831. The number of carbonyl (C=O) groups is 1. The van der Waals surface area contributed by atoms with Crippen LogP contribution >= 0.6 is 0 Å². The van der Waals surface area contributed by atoms with E-state index in [2.05, 4.69) is 18.6 Å². The molecule has 0 saturated carbocycles. The second kappa shape index (κ2) is 6.83. The van der Waals surface area contributed by atoms with Gasteiger partial charge in [0.05, 0.1) is 16.1 Å². The molecule has 2 rings (SSSR count). The molecule has 2 aromatic carbocycles. The molecule has 0 aliphatic rings. The minimum Gasteiger partial charge on any atom is -0.478 e. The molecule has 122 valence electrons. The maximum Gasteiger partial charge on any atom is 0.337 e. The van der Waals surface area contributed by atoms with E-state index in [0.29, 0.717) is 5.92 Å². The fourth-order valence-electron chi connectivity index (χ4n) is 2.17. The molecule has 0 aromatic heterocycles. The summed E-state index contributed by atoms with van der Waals surface area (Å²) in [4.78, 5) is 11.3. The average Bonchev–Trinajstić information content (AvgIpc) is 2.54. The Labute approximate surface area is 136 Å². The molecule has 1 atom stereocenters. The molecule has 0 fully saturated rings. The van der Waals surface area contributed by atoms with Gasteiger partial charge in [-0.05, 0) is 42.2 Å². The number of nitrogens with one attached hydrogen (secondary N) is 1. The Bertz CT molecular complexity index is 798. The topological polar surface area (TPSA) is 83.5 Å². The zero-order valence-corrected chi connectivity index (χ0v) is 13.8. The van der Waals surface area contributed by atoms with Gasteiger partial charge in [-0.25, -0.2) is 13.2 Å². The molecule has 0 amide bonds. The molecule has 0 unspecified atom stereocenters. The van der Waals surface area contributed by atoms with Gasteiger partial charge in [0, 0.05) is 0 Å². The van der Waals surface area contributed by atoms with Gasteiger partial charge in [0.1, 0.15) is 0 Å². The first-order valence-corrected chi connectivity index (χ1v) is 8.78. The van der Waals surface area contributed by atoms with Crippen molar-refractivity contribution in [3.8, 4) is 0 Å². The molecule has 0 saturated heterocycles. The van der Waals surface area contributed by atoms with Gasteiger partial charge < -0.3 is 5.11 Å². The standard InChI is InChI=1S/C17H19NO4S/c1-3-12(2)13-8-10-14(11-9-13)23(21,22)18-16-7-5-4-6-15(16)17(19)20/h4-12,18H,3H2,1-2H3,(H,19,20)/t12-/m1/s1. The Morgan fingerprint density at radius 3 is 2.30 bits per heavy atom. The molecule has 0 heterocycles. The van der Waals surface area contributed by atoms with Gasteiger partial charge in [-0.15, -0.1) is 0 Å². The molecular weight excluding hydrogens is 314 g/mol. The van der Waals surface area contributed by atoms with Crippen molar-refractivity contribution in [3.63, 3.8) is 0 Å². The Morgan fingerprint density at radius 2 is 1.74 bits per heavy atom. The number of hydrogen-bond acceptors (Lipinski definition) is 3. The number of para-hydroxylation sites is 1. The molecule has 0 aliphatic carbocycles. The molecule has 6 heteroatoms. The van der Waals surface area contributed by atoms with E-state index in [1.54, 1.807) is 24.3 Å². The first-order chi connectivity index (χ1) is 10.8. The van der Waals surface area contributed by atoms with Crippen molar-refractivity contribution in [2.45, 2.75) is 31.1 Å². The summed E-state index contributed by atoms with van der Waals surface area (Å²) >= 11 is 0. The van der Waals surface area contributed by atoms with E-state index in [4.69, 9.17) is 5.11 Å². The number of sulfonamides is 1. The van der Waals surface area contributed by atoms with Crippen LogP contribution in [0.25, 0.3) is 0 Å². The molecule has 0 spiro atoms. The monoisotopic (exact) mass is 333 g/mol. The van der Waals surface area contributed by atoms with Crippen LogP contribution < -0.4 is 4.72 Å². The van der Waals surface area contributed by atoms with Crippen molar-refractivity contribution >= 4 is 21.7 Å². The highest BCUT2D eigenvalue weighted by Crippen LogP contribution is 2.23. The van der Waals surface area contributed by atoms with E-state index >= 15 is 0 Å². The quantitative estimate of drug-likeness (QED) is 0.844. The first kappa shape index (κ1) is 17.0. The smallest absolute Gasteiger partial charge is 0.337 e. The van der Waals surface area contributed by atoms with E-state index in [9.17, 15) is 13.2 Å². The van der Waals surface area contributed by atoms with Crippen molar-refractivity contribution in [3.05, 3.63) is 59.7 Å². The number of carboxylic acid groups (broad SMARTS) is 1. The zero-order valence-electron chi connectivity index (χ0n) is 13.0. The number of rotatable bonds is 6. The Morgan fingerprint density at radius 1 is 1.13 bits per heavy atom. The average molecular weight is 333 g/mol. The van der Waals surface area contributed by atoms with Gasteiger partial charge in [-0.1, -0.05) is 38.1 Å². The van der Waals surface area contributed by atoms with Gasteiger partial charge in [0.15, 0.2) is 0 Å². The molecule has 0 radical (unpaired) electrons. The normalized spacial score (nSPS) is 12.6. The number of aromatic carboxylic acids is 1. The number of hydrogen-bond donors (Lipinski definition) is 2. The lowest BCUT2D eigenvalue weighted by atomic mass is 9.99. The van der Waals surface area contributed by atoms with Gasteiger partial charge >= 0.3 is 5.97 Å². The summed E-state index contributed by atoms with van der Waals surface area (Å²) in [7, 11) is -3.83. The summed E-state index contributed by atoms with van der Waals surface area (Å²) in [5, 5.41) is 9.12. The van der Waals surface area contributed by atoms with Gasteiger partial charge in [-0.3, -0.25) is 4.72 Å². The second-order valence-electron chi connectivity index (χ2n) is 5.33. The highest BCUT2D eigenvalue weighted by molar-refractivity contribution is 7.92. The highest BCUT2D eigenvalue weighted by atomic mass is 32.2. The zero-order chi connectivity index (χ0) is 17.0. The SMILES string of the molecule is CC[C@@H](C)c1ccc(S(=O)(=O)Nc2ccccc2C(=O)O)cc1. The number of carboxylic acids is 1. The molecule has 2 aromatic rings. The van der Waals surface area contributed by atoms with Crippen molar-refractivity contribution in [2.75, 3.05) is 4.72 Å². The van der Waals surface area contributed by atoms with Gasteiger partial charge in [0.2, 0.25) is 0 Å². The van der Waals surface area contributed by atoms with Crippen LogP contribution in [0.15, 0.2) is 53.4 Å². The lowest BCUT2D eigenvalue weighted by Gasteiger charge is -2.12.